The van der Waals surface area contributed by atoms with E-state index in [4.69, 9.17) is 11.6 Å². The number of halogens is 3. The van der Waals surface area contributed by atoms with E-state index in [1.165, 1.54) is 6.07 Å². The van der Waals surface area contributed by atoms with E-state index < -0.39 is 17.4 Å². The quantitative estimate of drug-likeness (QED) is 0.766. The number of nitrogens with one attached hydrogen (secondary N) is 1. The first-order valence-electron chi connectivity index (χ1n) is 4.08. The second-order valence-electron chi connectivity index (χ2n) is 2.85. The molecule has 0 fully saturated rings. The number of hydrogen-bond donors (Lipinski definition) is 2. The molecule has 0 atom stereocenters. The van der Waals surface area contributed by atoms with Gasteiger partial charge in [0.05, 0.1) is 5.02 Å². The predicted octanol–water partition coefficient (Wildman–Crippen LogP) is 2.09. The number of benzene rings is 1. The van der Waals surface area contributed by atoms with Crippen LogP contribution >= 0.6 is 11.6 Å². The van der Waals surface area contributed by atoms with Gasteiger partial charge < -0.3 is 10.4 Å². The lowest BCUT2D eigenvalue weighted by atomic mass is 10.1. The highest BCUT2D eigenvalue weighted by Gasteiger charge is 2.16. The Morgan fingerprint density at radius 2 is 2.07 bits per heavy atom. The van der Waals surface area contributed by atoms with Crippen molar-refractivity contribution >= 4 is 11.6 Å². The zero-order valence-electron chi connectivity index (χ0n) is 7.57. The van der Waals surface area contributed by atoms with Crippen LogP contribution in [0.3, 0.4) is 0 Å². The Kier molecular flexibility index (Phi) is 3.66. The molecule has 0 aliphatic heterocycles. The van der Waals surface area contributed by atoms with Crippen LogP contribution in [0.1, 0.15) is 5.56 Å². The molecule has 0 aliphatic carbocycles. The van der Waals surface area contributed by atoms with Crippen LogP contribution < -0.4 is 5.32 Å². The third-order valence-corrected chi connectivity index (χ3v) is 2.13. The molecule has 1 aromatic rings. The van der Waals surface area contributed by atoms with Gasteiger partial charge in [-0.15, -0.1) is 0 Å². The third-order valence-electron chi connectivity index (χ3n) is 1.86. The van der Waals surface area contributed by atoms with Gasteiger partial charge in [0.2, 0.25) is 5.82 Å². The Balaban J connectivity index is 3.06. The second kappa shape index (κ2) is 4.57. The number of likely N-dealkylation sites (N-methyl/N-ethyl adjacent to an activating group) is 1. The Hall–Kier alpha value is -0.870. The van der Waals surface area contributed by atoms with Crippen molar-refractivity contribution in [2.75, 3.05) is 13.6 Å². The van der Waals surface area contributed by atoms with Crippen molar-refractivity contribution in [3.63, 3.8) is 0 Å². The number of hydrogen-bond acceptors (Lipinski definition) is 2. The van der Waals surface area contributed by atoms with E-state index >= 15 is 0 Å². The molecule has 0 saturated heterocycles. The molecule has 0 heterocycles. The van der Waals surface area contributed by atoms with Gasteiger partial charge in [-0.3, -0.25) is 0 Å². The van der Waals surface area contributed by atoms with Gasteiger partial charge in [0.1, 0.15) is 0 Å². The molecule has 0 saturated carbocycles. The van der Waals surface area contributed by atoms with E-state index in [0.717, 1.165) is 0 Å². The van der Waals surface area contributed by atoms with Crippen LogP contribution in [0.4, 0.5) is 8.78 Å². The Bertz CT molecular complexity index is 344. The van der Waals surface area contributed by atoms with Crippen molar-refractivity contribution in [3.8, 4) is 5.75 Å². The molecule has 5 heteroatoms. The smallest absolute Gasteiger partial charge is 0.202 e. The fraction of sp³-hybridized carbons (Fsp3) is 0.333. The van der Waals surface area contributed by atoms with E-state index in [1.807, 2.05) is 0 Å². The van der Waals surface area contributed by atoms with Crippen LogP contribution in [0, 0.1) is 11.6 Å². The first-order valence-corrected chi connectivity index (χ1v) is 4.45. The molecule has 0 radical (unpaired) electrons. The first kappa shape index (κ1) is 11.2. The molecule has 0 bridgehead atoms. The zero-order chi connectivity index (χ0) is 10.7. The molecule has 0 unspecified atom stereocenters. The average molecular weight is 222 g/mol. The predicted molar refractivity (Wildman–Crippen MR) is 50.7 cm³/mol. The average Bonchev–Trinajstić information content (AvgIpc) is 2.18. The van der Waals surface area contributed by atoms with Crippen molar-refractivity contribution in [1.29, 1.82) is 0 Å². The first-order chi connectivity index (χ1) is 6.57. The minimum atomic E-state index is -1.29. The third kappa shape index (κ3) is 2.13. The van der Waals surface area contributed by atoms with Crippen LogP contribution in [-0.2, 0) is 6.42 Å². The van der Waals surface area contributed by atoms with Crippen molar-refractivity contribution in [2.45, 2.75) is 6.42 Å². The number of phenols is 1. The highest BCUT2D eigenvalue weighted by atomic mass is 35.5. The highest BCUT2D eigenvalue weighted by molar-refractivity contribution is 6.30. The van der Waals surface area contributed by atoms with Crippen molar-refractivity contribution in [2.24, 2.45) is 0 Å². The molecular formula is C9H10ClF2NO. The van der Waals surface area contributed by atoms with E-state index in [-0.39, 0.29) is 5.02 Å². The largest absolute Gasteiger partial charge is 0.505 e. The summed E-state index contributed by atoms with van der Waals surface area (Å²) < 4.78 is 25.8. The summed E-state index contributed by atoms with van der Waals surface area (Å²) in [5, 5.41) is 11.7. The fourth-order valence-corrected chi connectivity index (χ4v) is 1.30. The minimum absolute atomic E-state index is 0.295. The SMILES string of the molecule is CNCCc1cc(Cl)c(F)c(F)c1O. The molecule has 0 amide bonds. The summed E-state index contributed by atoms with van der Waals surface area (Å²) in [6.07, 6.45) is 0.388. The lowest BCUT2D eigenvalue weighted by Crippen LogP contribution is -2.10. The van der Waals surface area contributed by atoms with Gasteiger partial charge in [-0.25, -0.2) is 4.39 Å². The van der Waals surface area contributed by atoms with Crippen molar-refractivity contribution in [1.82, 2.24) is 5.32 Å². The standard InChI is InChI=1S/C9H10ClF2NO/c1-13-3-2-5-4-6(10)7(11)8(12)9(5)14/h4,13-14H,2-3H2,1H3. The van der Waals surface area contributed by atoms with Crippen molar-refractivity contribution in [3.05, 3.63) is 28.3 Å². The van der Waals surface area contributed by atoms with E-state index in [2.05, 4.69) is 5.32 Å². The minimum Gasteiger partial charge on any atom is -0.505 e. The maximum Gasteiger partial charge on any atom is 0.202 e. The Morgan fingerprint density at radius 1 is 1.43 bits per heavy atom. The molecule has 1 rings (SSSR count). The van der Waals surface area contributed by atoms with Crippen LogP contribution in [0.25, 0.3) is 0 Å². The molecule has 2 nitrogen and oxygen atoms in total. The number of aromatic hydroxyl groups is 1. The summed E-state index contributed by atoms with van der Waals surface area (Å²) >= 11 is 5.42. The second-order valence-corrected chi connectivity index (χ2v) is 3.25. The molecule has 0 spiro atoms. The summed E-state index contributed by atoms with van der Waals surface area (Å²) in [4.78, 5) is 0. The molecule has 78 valence electrons. The van der Waals surface area contributed by atoms with Gasteiger partial charge in [0, 0.05) is 0 Å². The van der Waals surface area contributed by atoms with Crippen LogP contribution in [0.15, 0.2) is 6.07 Å². The molecule has 2 N–H and O–H groups in total. The lowest BCUT2D eigenvalue weighted by molar-refractivity contribution is 0.401. The van der Waals surface area contributed by atoms with E-state index in [9.17, 15) is 13.9 Å². The van der Waals surface area contributed by atoms with Gasteiger partial charge in [-0.05, 0) is 31.6 Å². The number of rotatable bonds is 3. The normalized spacial score (nSPS) is 10.6. The summed E-state index contributed by atoms with van der Waals surface area (Å²) in [6.45, 7) is 0.551. The van der Waals surface area contributed by atoms with Crippen LogP contribution in [0.2, 0.25) is 5.02 Å². The lowest BCUT2D eigenvalue weighted by Gasteiger charge is -2.07. The fourth-order valence-electron chi connectivity index (χ4n) is 1.08. The molecular weight excluding hydrogens is 212 g/mol. The van der Waals surface area contributed by atoms with Gasteiger partial charge in [0.25, 0.3) is 0 Å². The maximum atomic E-state index is 12.9. The van der Waals surface area contributed by atoms with Gasteiger partial charge in [-0.1, -0.05) is 11.6 Å². The van der Waals surface area contributed by atoms with Gasteiger partial charge in [-0.2, -0.15) is 4.39 Å². The summed E-state index contributed by atoms with van der Waals surface area (Å²) in [6, 6.07) is 1.23. The Morgan fingerprint density at radius 3 is 2.64 bits per heavy atom. The molecule has 14 heavy (non-hydrogen) atoms. The maximum absolute atomic E-state index is 12.9. The van der Waals surface area contributed by atoms with Crippen LogP contribution in [-0.4, -0.2) is 18.7 Å². The van der Waals surface area contributed by atoms with Gasteiger partial charge in [0.15, 0.2) is 11.6 Å². The monoisotopic (exact) mass is 221 g/mol. The van der Waals surface area contributed by atoms with Gasteiger partial charge >= 0.3 is 0 Å². The highest BCUT2D eigenvalue weighted by Crippen LogP contribution is 2.29. The summed E-state index contributed by atoms with van der Waals surface area (Å²) in [5.74, 6) is -3.16. The van der Waals surface area contributed by atoms with E-state index in [1.54, 1.807) is 7.05 Å². The molecule has 1 aromatic carbocycles. The van der Waals surface area contributed by atoms with E-state index in [0.29, 0.717) is 18.5 Å². The summed E-state index contributed by atoms with van der Waals surface area (Å²) in [7, 11) is 1.72. The molecule has 0 aromatic heterocycles. The zero-order valence-corrected chi connectivity index (χ0v) is 8.33. The summed E-state index contributed by atoms with van der Waals surface area (Å²) in [5.41, 5.74) is 0.295. The molecule has 0 aliphatic rings. The van der Waals surface area contributed by atoms with Crippen molar-refractivity contribution < 1.29 is 13.9 Å². The van der Waals surface area contributed by atoms with Crippen LogP contribution in [0.5, 0.6) is 5.75 Å². The number of phenolic OH excluding ortho intramolecular Hbond substituents is 1. The Labute approximate surface area is 85.5 Å². The topological polar surface area (TPSA) is 32.3 Å².